The number of nitrogens with zero attached hydrogens (tertiary/aromatic N) is 2. The highest BCUT2D eigenvalue weighted by molar-refractivity contribution is 5.90. The van der Waals surface area contributed by atoms with Crippen molar-refractivity contribution in [3.63, 3.8) is 0 Å². The van der Waals surface area contributed by atoms with Crippen LogP contribution < -0.4 is 0 Å². The molecule has 1 rings (SSSR count). The number of hydrogen-bond acceptors (Lipinski definition) is 2. The molecule has 3 heteroatoms. The molecule has 14 heavy (non-hydrogen) atoms. The molecule has 1 aromatic carbocycles. The van der Waals surface area contributed by atoms with E-state index >= 15 is 0 Å². The number of rotatable bonds is 2. The molecule has 0 heterocycles. The lowest BCUT2D eigenvalue weighted by molar-refractivity contribution is -0.124. The van der Waals surface area contributed by atoms with Crippen molar-refractivity contribution >= 4 is 5.91 Å². The van der Waals surface area contributed by atoms with Gasteiger partial charge in [-0.15, -0.1) is 0 Å². The molecule has 0 radical (unpaired) electrons. The first-order chi connectivity index (χ1) is 6.63. The van der Waals surface area contributed by atoms with E-state index in [1.807, 2.05) is 31.2 Å². The highest BCUT2D eigenvalue weighted by atomic mass is 16.2. The molecule has 0 unspecified atom stereocenters. The Morgan fingerprint density at radius 2 is 2.00 bits per heavy atom. The third-order valence-electron chi connectivity index (χ3n) is 1.98. The summed E-state index contributed by atoms with van der Waals surface area (Å²) in [5.74, 6) is -0.509. The second kappa shape index (κ2) is 4.43. The van der Waals surface area contributed by atoms with Crippen molar-refractivity contribution < 1.29 is 4.79 Å². The van der Waals surface area contributed by atoms with Gasteiger partial charge in [-0.25, -0.2) is 0 Å². The zero-order chi connectivity index (χ0) is 10.6. The average Bonchev–Trinajstić information content (AvgIpc) is 2.20. The third-order valence-corrected chi connectivity index (χ3v) is 1.98. The second-order valence-electron chi connectivity index (χ2n) is 3.26. The molecule has 0 aliphatic carbocycles. The monoisotopic (exact) mass is 188 g/mol. The normalized spacial score (nSPS) is 9.21. The molecule has 3 nitrogen and oxygen atoms in total. The van der Waals surface area contributed by atoms with E-state index in [-0.39, 0.29) is 0 Å². The lowest BCUT2D eigenvalue weighted by atomic mass is 10.1. The molecule has 0 saturated carbocycles. The molecule has 0 bridgehead atoms. The Kier molecular flexibility index (Phi) is 3.24. The van der Waals surface area contributed by atoms with Crippen LogP contribution in [0.1, 0.15) is 11.1 Å². The summed E-state index contributed by atoms with van der Waals surface area (Å²) < 4.78 is 0. The predicted molar refractivity (Wildman–Crippen MR) is 53.3 cm³/mol. The molecular formula is C11H12N2O. The summed E-state index contributed by atoms with van der Waals surface area (Å²) in [6, 6.07) is 9.47. The largest absolute Gasteiger partial charge is 0.329 e. The number of benzene rings is 1. The molecule has 0 atom stereocenters. The molecule has 72 valence electrons. The van der Waals surface area contributed by atoms with Crippen LogP contribution in [0.2, 0.25) is 0 Å². The molecule has 0 aromatic heterocycles. The van der Waals surface area contributed by atoms with Crippen molar-refractivity contribution in [3.05, 3.63) is 35.4 Å². The van der Waals surface area contributed by atoms with Gasteiger partial charge < -0.3 is 4.90 Å². The van der Waals surface area contributed by atoms with Crippen LogP contribution in [0, 0.1) is 18.3 Å². The first-order valence-electron chi connectivity index (χ1n) is 4.34. The Morgan fingerprint density at radius 3 is 2.50 bits per heavy atom. The van der Waals surface area contributed by atoms with Gasteiger partial charge in [0.1, 0.15) is 0 Å². The first kappa shape index (κ1) is 10.3. The third kappa shape index (κ3) is 2.60. The van der Waals surface area contributed by atoms with Gasteiger partial charge >= 0.3 is 5.91 Å². The summed E-state index contributed by atoms with van der Waals surface area (Å²) in [5.41, 5.74) is 2.21. The summed E-state index contributed by atoms with van der Waals surface area (Å²) in [7, 11) is 1.62. The van der Waals surface area contributed by atoms with Crippen molar-refractivity contribution in [2.75, 3.05) is 7.05 Å². The van der Waals surface area contributed by atoms with Gasteiger partial charge in [-0.2, -0.15) is 5.26 Å². The minimum absolute atomic E-state index is 0.479. The van der Waals surface area contributed by atoms with Crippen LogP contribution in [0.4, 0.5) is 0 Å². The van der Waals surface area contributed by atoms with E-state index in [1.54, 1.807) is 13.1 Å². The number of carbonyl (C=O) groups is 1. The summed E-state index contributed by atoms with van der Waals surface area (Å²) in [6.07, 6.45) is 0. The fourth-order valence-electron chi connectivity index (χ4n) is 1.12. The summed E-state index contributed by atoms with van der Waals surface area (Å²) in [4.78, 5) is 12.3. The molecule has 0 spiro atoms. The Labute approximate surface area is 83.6 Å². The molecular weight excluding hydrogens is 176 g/mol. The van der Waals surface area contributed by atoms with Gasteiger partial charge in [0.05, 0.1) is 0 Å². The van der Waals surface area contributed by atoms with E-state index in [4.69, 9.17) is 5.26 Å². The Balaban J connectivity index is 2.66. The zero-order valence-corrected chi connectivity index (χ0v) is 8.32. The van der Waals surface area contributed by atoms with Crippen molar-refractivity contribution in [3.8, 4) is 6.07 Å². The topological polar surface area (TPSA) is 44.1 Å². The van der Waals surface area contributed by atoms with Crippen LogP contribution in [0.15, 0.2) is 24.3 Å². The maximum atomic E-state index is 10.9. The van der Waals surface area contributed by atoms with Gasteiger partial charge in [0.2, 0.25) is 0 Å². The molecule has 1 aromatic rings. The van der Waals surface area contributed by atoms with Crippen molar-refractivity contribution in [2.24, 2.45) is 0 Å². The molecule has 0 aliphatic rings. The maximum absolute atomic E-state index is 10.9. The SMILES string of the molecule is Cc1ccc(CN(C)C(=O)C#N)cc1. The minimum Gasteiger partial charge on any atom is -0.329 e. The van der Waals surface area contributed by atoms with E-state index in [9.17, 15) is 4.79 Å². The van der Waals surface area contributed by atoms with Crippen molar-refractivity contribution in [2.45, 2.75) is 13.5 Å². The summed E-state index contributed by atoms with van der Waals surface area (Å²) >= 11 is 0. The van der Waals surface area contributed by atoms with E-state index < -0.39 is 5.91 Å². The van der Waals surface area contributed by atoms with Crippen molar-refractivity contribution in [1.29, 1.82) is 5.26 Å². The highest BCUT2D eigenvalue weighted by Crippen LogP contribution is 2.05. The minimum atomic E-state index is -0.509. The van der Waals surface area contributed by atoms with Crippen molar-refractivity contribution in [1.82, 2.24) is 4.90 Å². The van der Waals surface area contributed by atoms with Crippen LogP contribution in [-0.2, 0) is 11.3 Å². The Morgan fingerprint density at radius 1 is 1.43 bits per heavy atom. The van der Waals surface area contributed by atoms with E-state index in [1.165, 1.54) is 10.5 Å². The standard InChI is InChI=1S/C11H12N2O/c1-9-3-5-10(6-4-9)8-13(2)11(14)7-12/h3-6H,8H2,1-2H3. The number of hydrogen-bond donors (Lipinski definition) is 0. The number of nitriles is 1. The highest BCUT2D eigenvalue weighted by Gasteiger charge is 2.06. The number of amides is 1. The lowest BCUT2D eigenvalue weighted by Gasteiger charge is -2.12. The smallest absolute Gasteiger partial charge is 0.325 e. The molecule has 1 amide bonds. The fraction of sp³-hybridized carbons (Fsp3) is 0.273. The number of aryl methyl sites for hydroxylation is 1. The fourth-order valence-corrected chi connectivity index (χ4v) is 1.12. The number of carbonyl (C=O) groups excluding carboxylic acids is 1. The van der Waals surface area contributed by atoms with Crippen LogP contribution in [0.3, 0.4) is 0 Å². The van der Waals surface area contributed by atoms with E-state index in [0.717, 1.165) is 5.56 Å². The maximum Gasteiger partial charge on any atom is 0.325 e. The summed E-state index contributed by atoms with van der Waals surface area (Å²) in [5, 5.41) is 8.39. The van der Waals surface area contributed by atoms with E-state index in [2.05, 4.69) is 0 Å². The van der Waals surface area contributed by atoms with E-state index in [0.29, 0.717) is 6.54 Å². The van der Waals surface area contributed by atoms with Crippen LogP contribution in [-0.4, -0.2) is 17.9 Å². The van der Waals surface area contributed by atoms with Crippen LogP contribution >= 0.6 is 0 Å². The van der Waals surface area contributed by atoms with Gasteiger partial charge in [-0.3, -0.25) is 4.79 Å². The Hall–Kier alpha value is -1.82. The average molecular weight is 188 g/mol. The predicted octanol–water partition coefficient (Wildman–Crippen LogP) is 1.48. The van der Waals surface area contributed by atoms with Gasteiger partial charge in [-0.1, -0.05) is 29.8 Å². The van der Waals surface area contributed by atoms with Gasteiger partial charge in [-0.05, 0) is 12.5 Å². The van der Waals surface area contributed by atoms with Gasteiger partial charge in [0.25, 0.3) is 0 Å². The first-order valence-corrected chi connectivity index (χ1v) is 4.34. The van der Waals surface area contributed by atoms with Crippen LogP contribution in [0.25, 0.3) is 0 Å². The van der Waals surface area contributed by atoms with Crippen LogP contribution in [0.5, 0.6) is 0 Å². The second-order valence-corrected chi connectivity index (χ2v) is 3.26. The molecule has 0 saturated heterocycles. The molecule has 0 fully saturated rings. The van der Waals surface area contributed by atoms with Gasteiger partial charge in [0, 0.05) is 13.6 Å². The summed E-state index contributed by atoms with van der Waals surface area (Å²) in [6.45, 7) is 2.49. The Bertz CT molecular complexity index is 362. The molecule has 0 aliphatic heterocycles. The zero-order valence-electron chi connectivity index (χ0n) is 8.32. The van der Waals surface area contributed by atoms with Gasteiger partial charge in [0.15, 0.2) is 6.07 Å². The lowest BCUT2D eigenvalue weighted by Crippen LogP contribution is -2.24. The molecule has 0 N–H and O–H groups in total. The quantitative estimate of drug-likeness (QED) is 0.660.